The molecule has 7 heteroatoms. The quantitative estimate of drug-likeness (QED) is 0.903. The summed E-state index contributed by atoms with van der Waals surface area (Å²) in [5.74, 6) is -1.52. The molecule has 0 fully saturated rings. The van der Waals surface area contributed by atoms with E-state index in [0.29, 0.717) is 11.3 Å². The molecule has 0 aliphatic carbocycles. The van der Waals surface area contributed by atoms with Gasteiger partial charge in [-0.2, -0.15) is 10.4 Å². The number of carbonyl (C=O) groups excluding carboxylic acids is 1. The largest absolute Gasteiger partial charge is 0.395 e. The number of primary amides is 1. The number of nitriles is 1. The molecule has 114 valence electrons. The van der Waals surface area contributed by atoms with E-state index in [1.807, 2.05) is 19.9 Å². The Labute approximate surface area is 127 Å². The van der Waals surface area contributed by atoms with Crippen LogP contribution in [0.3, 0.4) is 0 Å². The summed E-state index contributed by atoms with van der Waals surface area (Å²) < 4.78 is 15.5. The fraction of sp³-hybridized carbons (Fsp3) is 0.267. The standard InChI is InChI=1S/C15H16FN5O/c1-7(2)12-11(18)14(15(19)22)21(20-12)13-8(3)4-9(6-17)5-10(13)16/h4-5,7H,18H2,1-3H3,(H2,19,22). The molecule has 0 aliphatic heterocycles. The van der Waals surface area contributed by atoms with Crippen LogP contribution in [0.2, 0.25) is 0 Å². The normalized spacial score (nSPS) is 10.7. The Hall–Kier alpha value is -2.88. The zero-order chi connectivity index (χ0) is 16.6. The Morgan fingerprint density at radius 3 is 2.55 bits per heavy atom. The lowest BCUT2D eigenvalue weighted by Crippen LogP contribution is -2.19. The van der Waals surface area contributed by atoms with Crippen molar-refractivity contribution in [3.63, 3.8) is 0 Å². The maximum Gasteiger partial charge on any atom is 0.269 e. The fourth-order valence-electron chi connectivity index (χ4n) is 2.34. The van der Waals surface area contributed by atoms with Gasteiger partial charge >= 0.3 is 0 Å². The number of amides is 1. The van der Waals surface area contributed by atoms with Crippen LogP contribution in [0.25, 0.3) is 5.69 Å². The Morgan fingerprint density at radius 2 is 2.09 bits per heavy atom. The monoisotopic (exact) mass is 301 g/mol. The van der Waals surface area contributed by atoms with E-state index in [1.54, 1.807) is 6.92 Å². The molecule has 1 aromatic heterocycles. The minimum Gasteiger partial charge on any atom is -0.395 e. The third-order valence-corrected chi connectivity index (χ3v) is 3.33. The van der Waals surface area contributed by atoms with Crippen molar-refractivity contribution in [1.82, 2.24) is 9.78 Å². The number of aryl methyl sites for hydroxylation is 1. The molecule has 22 heavy (non-hydrogen) atoms. The second-order valence-corrected chi connectivity index (χ2v) is 5.31. The summed E-state index contributed by atoms with van der Waals surface area (Å²) in [6, 6.07) is 4.47. The first kappa shape index (κ1) is 15.5. The van der Waals surface area contributed by atoms with Crippen LogP contribution in [0.5, 0.6) is 0 Å². The molecule has 1 aromatic carbocycles. The van der Waals surface area contributed by atoms with Crippen molar-refractivity contribution in [1.29, 1.82) is 5.26 Å². The molecule has 0 bridgehead atoms. The molecule has 2 aromatic rings. The maximum absolute atomic E-state index is 14.4. The number of anilines is 1. The highest BCUT2D eigenvalue weighted by molar-refractivity contribution is 5.97. The van der Waals surface area contributed by atoms with Crippen LogP contribution in [0.4, 0.5) is 10.1 Å². The molecule has 0 saturated heterocycles. The molecule has 0 radical (unpaired) electrons. The van der Waals surface area contributed by atoms with E-state index < -0.39 is 11.7 Å². The van der Waals surface area contributed by atoms with Gasteiger partial charge in [0, 0.05) is 0 Å². The molecule has 1 amide bonds. The third kappa shape index (κ3) is 2.39. The average Bonchev–Trinajstić information content (AvgIpc) is 2.75. The van der Waals surface area contributed by atoms with Gasteiger partial charge in [0.25, 0.3) is 5.91 Å². The Bertz CT molecular complexity index is 778. The molecule has 1 heterocycles. The molecule has 0 atom stereocenters. The van der Waals surface area contributed by atoms with Gasteiger partial charge in [-0.25, -0.2) is 9.07 Å². The smallest absolute Gasteiger partial charge is 0.269 e. The lowest BCUT2D eigenvalue weighted by molar-refractivity contribution is 0.0993. The first-order valence-electron chi connectivity index (χ1n) is 6.66. The molecule has 6 nitrogen and oxygen atoms in total. The predicted molar refractivity (Wildman–Crippen MR) is 80.0 cm³/mol. The van der Waals surface area contributed by atoms with Crippen LogP contribution in [0, 0.1) is 24.1 Å². The Morgan fingerprint density at radius 1 is 1.45 bits per heavy atom. The van der Waals surface area contributed by atoms with E-state index in [9.17, 15) is 9.18 Å². The van der Waals surface area contributed by atoms with Crippen LogP contribution < -0.4 is 11.5 Å². The molecule has 0 spiro atoms. The van der Waals surface area contributed by atoms with Crippen LogP contribution in [0.15, 0.2) is 12.1 Å². The van der Waals surface area contributed by atoms with Gasteiger partial charge in [-0.15, -0.1) is 0 Å². The highest BCUT2D eigenvalue weighted by Gasteiger charge is 2.25. The maximum atomic E-state index is 14.4. The van der Waals surface area contributed by atoms with E-state index in [0.717, 1.165) is 10.7 Å². The minimum absolute atomic E-state index is 0.0545. The van der Waals surface area contributed by atoms with Gasteiger partial charge in [-0.1, -0.05) is 13.8 Å². The van der Waals surface area contributed by atoms with Crippen LogP contribution in [-0.4, -0.2) is 15.7 Å². The summed E-state index contributed by atoms with van der Waals surface area (Å²) in [5.41, 5.74) is 12.6. The number of nitrogens with zero attached hydrogens (tertiary/aromatic N) is 3. The van der Waals surface area contributed by atoms with E-state index in [-0.39, 0.29) is 28.6 Å². The number of carbonyl (C=O) groups is 1. The summed E-state index contributed by atoms with van der Waals surface area (Å²) in [6.45, 7) is 5.34. The first-order chi connectivity index (χ1) is 10.3. The first-order valence-corrected chi connectivity index (χ1v) is 6.66. The summed E-state index contributed by atoms with van der Waals surface area (Å²) in [4.78, 5) is 11.7. The second-order valence-electron chi connectivity index (χ2n) is 5.31. The summed E-state index contributed by atoms with van der Waals surface area (Å²) >= 11 is 0. The fourth-order valence-corrected chi connectivity index (χ4v) is 2.34. The van der Waals surface area contributed by atoms with Gasteiger partial charge < -0.3 is 11.5 Å². The number of hydrogen-bond acceptors (Lipinski definition) is 4. The number of benzene rings is 1. The van der Waals surface area contributed by atoms with Crippen molar-refractivity contribution in [2.75, 3.05) is 5.73 Å². The SMILES string of the molecule is Cc1cc(C#N)cc(F)c1-n1nc(C(C)C)c(N)c1C(N)=O. The van der Waals surface area contributed by atoms with E-state index in [2.05, 4.69) is 5.10 Å². The van der Waals surface area contributed by atoms with E-state index in [1.165, 1.54) is 6.07 Å². The van der Waals surface area contributed by atoms with Gasteiger partial charge in [0.05, 0.1) is 23.0 Å². The zero-order valence-corrected chi connectivity index (χ0v) is 12.5. The van der Waals surface area contributed by atoms with Gasteiger partial charge in [-0.05, 0) is 30.5 Å². The van der Waals surface area contributed by atoms with E-state index >= 15 is 0 Å². The molecular formula is C15H16FN5O. The predicted octanol–water partition coefficient (Wildman–Crippen LogP) is 2.00. The highest BCUT2D eigenvalue weighted by atomic mass is 19.1. The topological polar surface area (TPSA) is 111 Å². The van der Waals surface area contributed by atoms with E-state index in [4.69, 9.17) is 16.7 Å². The van der Waals surface area contributed by atoms with Crippen molar-refractivity contribution in [2.45, 2.75) is 26.7 Å². The van der Waals surface area contributed by atoms with Crippen LogP contribution >= 0.6 is 0 Å². The van der Waals surface area contributed by atoms with Gasteiger partial charge in [0.15, 0.2) is 5.69 Å². The number of aromatic nitrogens is 2. The number of rotatable bonds is 3. The molecule has 4 N–H and O–H groups in total. The van der Waals surface area contributed by atoms with Crippen LogP contribution in [-0.2, 0) is 0 Å². The summed E-state index contributed by atoms with van der Waals surface area (Å²) in [7, 11) is 0. The second kappa shape index (κ2) is 5.48. The third-order valence-electron chi connectivity index (χ3n) is 3.33. The number of hydrogen-bond donors (Lipinski definition) is 2. The number of nitrogens with two attached hydrogens (primary N) is 2. The minimum atomic E-state index is -0.792. The van der Waals surface area contributed by atoms with Crippen molar-refractivity contribution in [3.05, 3.63) is 40.5 Å². The van der Waals surface area contributed by atoms with Crippen molar-refractivity contribution in [2.24, 2.45) is 5.73 Å². The van der Waals surface area contributed by atoms with Crippen molar-refractivity contribution in [3.8, 4) is 11.8 Å². The number of halogens is 1. The molecule has 0 aliphatic rings. The Balaban J connectivity index is 2.81. The Kier molecular flexibility index (Phi) is 3.87. The zero-order valence-electron chi connectivity index (χ0n) is 12.5. The lowest BCUT2D eigenvalue weighted by atomic mass is 10.1. The number of nitrogen functional groups attached to an aromatic ring is 1. The highest BCUT2D eigenvalue weighted by Crippen LogP contribution is 2.29. The lowest BCUT2D eigenvalue weighted by Gasteiger charge is -2.10. The molecule has 0 unspecified atom stereocenters. The van der Waals surface area contributed by atoms with Crippen LogP contribution in [0.1, 0.15) is 47.1 Å². The summed E-state index contributed by atoms with van der Waals surface area (Å²) in [5, 5.41) is 13.1. The van der Waals surface area contributed by atoms with Gasteiger partial charge in [0.1, 0.15) is 11.5 Å². The van der Waals surface area contributed by atoms with Crippen molar-refractivity contribution < 1.29 is 9.18 Å². The molecule has 0 saturated carbocycles. The summed E-state index contributed by atoms with van der Waals surface area (Å²) in [6.07, 6.45) is 0. The molecule has 2 rings (SSSR count). The molecular weight excluding hydrogens is 285 g/mol. The van der Waals surface area contributed by atoms with Gasteiger partial charge in [-0.3, -0.25) is 4.79 Å². The van der Waals surface area contributed by atoms with Crippen molar-refractivity contribution >= 4 is 11.6 Å². The van der Waals surface area contributed by atoms with Gasteiger partial charge in [0.2, 0.25) is 0 Å². The average molecular weight is 301 g/mol.